The monoisotopic (exact) mass is 256 g/mol. The lowest BCUT2D eigenvalue weighted by Gasteiger charge is -1.99. The fourth-order valence-corrected chi connectivity index (χ4v) is 1.54. The Morgan fingerprint density at radius 1 is 1.43 bits per heavy atom. The van der Waals surface area contributed by atoms with Crippen molar-refractivity contribution in [3.05, 3.63) is 34.7 Å². The van der Waals surface area contributed by atoms with Gasteiger partial charge in [-0.15, -0.1) is 0 Å². The maximum atomic E-state index is 12.9. The number of benzene rings is 1. The van der Waals surface area contributed by atoms with Gasteiger partial charge in [0.25, 0.3) is 6.01 Å². The highest BCUT2D eigenvalue weighted by Gasteiger charge is 2.09. The van der Waals surface area contributed by atoms with Crippen LogP contribution in [0.4, 0.5) is 10.4 Å². The third kappa shape index (κ3) is 1.63. The minimum Gasteiger partial charge on any atom is -0.424 e. The van der Waals surface area contributed by atoms with E-state index >= 15 is 0 Å². The zero-order chi connectivity index (χ0) is 10.1. The van der Waals surface area contributed by atoms with Gasteiger partial charge in [-0.3, -0.25) is 0 Å². The molecule has 2 N–H and O–H groups in total. The molecule has 0 unspecified atom stereocenters. The topological polar surface area (TPSA) is 52.0 Å². The van der Waals surface area contributed by atoms with E-state index in [1.165, 1.54) is 18.3 Å². The van der Waals surface area contributed by atoms with Gasteiger partial charge in [-0.2, -0.15) is 0 Å². The summed E-state index contributed by atoms with van der Waals surface area (Å²) >= 11 is 3.28. The first kappa shape index (κ1) is 9.21. The third-order valence-corrected chi connectivity index (χ3v) is 2.41. The van der Waals surface area contributed by atoms with Gasteiger partial charge in [0.1, 0.15) is 5.82 Å². The van der Waals surface area contributed by atoms with Crippen molar-refractivity contribution >= 4 is 21.9 Å². The number of hydrogen-bond acceptors (Lipinski definition) is 3. The van der Waals surface area contributed by atoms with E-state index in [0.717, 1.165) is 4.47 Å². The summed E-state index contributed by atoms with van der Waals surface area (Å²) in [6.07, 6.45) is 1.45. The molecule has 0 spiro atoms. The summed E-state index contributed by atoms with van der Waals surface area (Å²) in [4.78, 5) is 3.73. The maximum absolute atomic E-state index is 12.9. The van der Waals surface area contributed by atoms with Gasteiger partial charge >= 0.3 is 0 Å². The fourth-order valence-electron chi connectivity index (χ4n) is 1.10. The van der Waals surface area contributed by atoms with E-state index in [9.17, 15) is 4.39 Å². The summed E-state index contributed by atoms with van der Waals surface area (Å²) in [6.45, 7) is 0. The van der Waals surface area contributed by atoms with Crippen LogP contribution in [0.5, 0.6) is 0 Å². The predicted octanol–water partition coefficient (Wildman–Crippen LogP) is 2.83. The van der Waals surface area contributed by atoms with Crippen molar-refractivity contribution in [3.8, 4) is 11.3 Å². The van der Waals surface area contributed by atoms with Crippen LogP contribution in [0.2, 0.25) is 0 Å². The molecule has 3 nitrogen and oxygen atoms in total. The van der Waals surface area contributed by atoms with Crippen molar-refractivity contribution < 1.29 is 8.81 Å². The number of nitrogen functional groups attached to an aromatic ring is 1. The molecular weight excluding hydrogens is 251 g/mol. The zero-order valence-electron chi connectivity index (χ0n) is 7.00. The molecule has 2 rings (SSSR count). The van der Waals surface area contributed by atoms with E-state index < -0.39 is 0 Å². The molecule has 0 atom stereocenters. The summed E-state index contributed by atoms with van der Waals surface area (Å²) < 4.78 is 18.7. The van der Waals surface area contributed by atoms with Gasteiger partial charge in [-0.05, 0) is 18.2 Å². The third-order valence-electron chi connectivity index (χ3n) is 1.72. The molecule has 5 heteroatoms. The standard InChI is InChI=1S/C9H6BrFN2O/c10-7-2-1-5(11)3-6(7)8-4-13-9(12)14-8/h1-4H,(H2,12,13). The van der Waals surface area contributed by atoms with Crippen molar-refractivity contribution in [2.45, 2.75) is 0 Å². The van der Waals surface area contributed by atoms with Crippen molar-refractivity contribution in [2.24, 2.45) is 0 Å². The number of aromatic nitrogens is 1. The van der Waals surface area contributed by atoms with Gasteiger partial charge in [-0.1, -0.05) is 15.9 Å². The molecule has 2 aromatic rings. The molecule has 0 saturated heterocycles. The fraction of sp³-hybridized carbons (Fsp3) is 0. The lowest BCUT2D eigenvalue weighted by molar-refractivity contribution is 0.591. The average molecular weight is 257 g/mol. The van der Waals surface area contributed by atoms with E-state index in [2.05, 4.69) is 20.9 Å². The van der Waals surface area contributed by atoms with E-state index in [4.69, 9.17) is 10.2 Å². The minimum absolute atomic E-state index is 0.0659. The summed E-state index contributed by atoms with van der Waals surface area (Å²) in [5.41, 5.74) is 5.91. The van der Waals surface area contributed by atoms with E-state index in [0.29, 0.717) is 11.3 Å². The van der Waals surface area contributed by atoms with Gasteiger partial charge in [-0.25, -0.2) is 9.37 Å². The van der Waals surface area contributed by atoms with Crippen LogP contribution < -0.4 is 5.73 Å². The molecule has 0 aliphatic rings. The molecule has 14 heavy (non-hydrogen) atoms. The summed E-state index contributed by atoms with van der Waals surface area (Å²) in [7, 11) is 0. The lowest BCUT2D eigenvalue weighted by atomic mass is 10.2. The predicted molar refractivity (Wildman–Crippen MR) is 54.0 cm³/mol. The highest BCUT2D eigenvalue weighted by Crippen LogP contribution is 2.29. The molecule has 0 saturated carbocycles. The summed E-state index contributed by atoms with van der Waals surface area (Å²) in [5, 5.41) is 0. The van der Waals surface area contributed by atoms with Crippen LogP contribution in [0.25, 0.3) is 11.3 Å². The van der Waals surface area contributed by atoms with Crippen molar-refractivity contribution in [3.63, 3.8) is 0 Å². The Labute approximate surface area is 87.9 Å². The Hall–Kier alpha value is -1.36. The van der Waals surface area contributed by atoms with Gasteiger partial charge in [0.15, 0.2) is 5.76 Å². The van der Waals surface area contributed by atoms with Gasteiger partial charge in [0, 0.05) is 10.0 Å². The van der Waals surface area contributed by atoms with Crippen molar-refractivity contribution in [1.29, 1.82) is 0 Å². The molecule has 72 valence electrons. The number of hydrogen-bond donors (Lipinski definition) is 1. The summed E-state index contributed by atoms with van der Waals surface area (Å²) in [5.74, 6) is 0.104. The molecule has 0 amide bonds. The average Bonchev–Trinajstić information content (AvgIpc) is 2.56. The van der Waals surface area contributed by atoms with E-state index in [-0.39, 0.29) is 11.8 Å². The number of oxazole rings is 1. The molecule has 0 bridgehead atoms. The number of nitrogens with zero attached hydrogens (tertiary/aromatic N) is 1. The Morgan fingerprint density at radius 2 is 2.21 bits per heavy atom. The van der Waals surface area contributed by atoms with Crippen molar-refractivity contribution in [1.82, 2.24) is 4.98 Å². The zero-order valence-corrected chi connectivity index (χ0v) is 8.58. The molecule has 0 radical (unpaired) electrons. The Balaban J connectivity index is 2.55. The number of rotatable bonds is 1. The smallest absolute Gasteiger partial charge is 0.292 e. The van der Waals surface area contributed by atoms with Gasteiger partial charge < -0.3 is 10.2 Å². The molecular formula is C9H6BrFN2O. The van der Waals surface area contributed by atoms with Crippen molar-refractivity contribution in [2.75, 3.05) is 5.73 Å². The second-order valence-corrected chi connectivity index (χ2v) is 3.54. The van der Waals surface area contributed by atoms with E-state index in [1.807, 2.05) is 0 Å². The maximum Gasteiger partial charge on any atom is 0.292 e. The lowest BCUT2D eigenvalue weighted by Crippen LogP contribution is -1.81. The molecule has 1 aromatic carbocycles. The van der Waals surface area contributed by atoms with Gasteiger partial charge in [0.2, 0.25) is 0 Å². The Morgan fingerprint density at radius 3 is 2.86 bits per heavy atom. The molecule has 0 aliphatic heterocycles. The number of halogens is 2. The highest BCUT2D eigenvalue weighted by atomic mass is 79.9. The van der Waals surface area contributed by atoms with Crippen LogP contribution >= 0.6 is 15.9 Å². The van der Waals surface area contributed by atoms with Crippen LogP contribution in [0.3, 0.4) is 0 Å². The molecule has 0 fully saturated rings. The van der Waals surface area contributed by atoms with E-state index in [1.54, 1.807) is 6.07 Å². The molecule has 1 heterocycles. The SMILES string of the molecule is Nc1ncc(-c2cc(F)ccc2Br)o1. The van der Waals surface area contributed by atoms with Crippen LogP contribution in [-0.4, -0.2) is 4.98 Å². The first-order chi connectivity index (χ1) is 6.66. The van der Waals surface area contributed by atoms with Crippen LogP contribution in [0, 0.1) is 5.82 Å². The Kier molecular flexibility index (Phi) is 2.25. The second kappa shape index (κ2) is 3.42. The van der Waals surface area contributed by atoms with Gasteiger partial charge in [0.05, 0.1) is 6.20 Å². The number of anilines is 1. The van der Waals surface area contributed by atoms with Crippen LogP contribution in [0.15, 0.2) is 33.3 Å². The summed E-state index contributed by atoms with van der Waals surface area (Å²) in [6, 6.07) is 4.37. The largest absolute Gasteiger partial charge is 0.424 e. The normalized spacial score (nSPS) is 10.4. The first-order valence-electron chi connectivity index (χ1n) is 3.83. The number of nitrogens with two attached hydrogens (primary N) is 1. The van der Waals surface area contributed by atoms with Crippen LogP contribution in [0.1, 0.15) is 0 Å². The Bertz CT molecular complexity index is 470. The highest BCUT2D eigenvalue weighted by molar-refractivity contribution is 9.10. The molecule has 1 aromatic heterocycles. The quantitative estimate of drug-likeness (QED) is 0.854. The second-order valence-electron chi connectivity index (χ2n) is 2.69. The minimum atomic E-state index is -0.335. The molecule has 0 aliphatic carbocycles. The first-order valence-corrected chi connectivity index (χ1v) is 4.63. The van der Waals surface area contributed by atoms with Crippen LogP contribution in [-0.2, 0) is 0 Å².